The molecule has 1 amide bonds. The molecule has 1 saturated heterocycles. The topological polar surface area (TPSA) is 66.8 Å². The molecule has 0 bridgehead atoms. The predicted octanol–water partition coefficient (Wildman–Crippen LogP) is 3.17. The Labute approximate surface area is 140 Å². The molecule has 2 aliphatic rings. The van der Waals surface area contributed by atoms with E-state index in [-0.39, 0.29) is 12.5 Å². The maximum atomic E-state index is 13.0. The number of rotatable bonds is 2. The fourth-order valence-electron chi connectivity index (χ4n) is 3.53. The first-order valence-electron chi connectivity index (χ1n) is 7.89. The van der Waals surface area contributed by atoms with Crippen molar-refractivity contribution >= 4 is 23.5 Å². The summed E-state index contributed by atoms with van der Waals surface area (Å²) >= 11 is 5.97. The number of amides is 1. The van der Waals surface area contributed by atoms with Gasteiger partial charge in [0.05, 0.1) is 6.61 Å². The Kier molecular flexibility index (Phi) is 4.34. The summed E-state index contributed by atoms with van der Waals surface area (Å²) in [4.78, 5) is 26.0. The van der Waals surface area contributed by atoms with Crippen molar-refractivity contribution < 1.29 is 19.4 Å². The van der Waals surface area contributed by atoms with Gasteiger partial charge in [-0.3, -0.25) is 9.69 Å². The van der Waals surface area contributed by atoms with E-state index >= 15 is 0 Å². The summed E-state index contributed by atoms with van der Waals surface area (Å²) in [5.74, 6) is -0.793. The van der Waals surface area contributed by atoms with Gasteiger partial charge in [-0.1, -0.05) is 24.6 Å². The number of carboxylic acid groups (broad SMARTS) is 1. The third-order valence-corrected chi connectivity index (χ3v) is 5.13. The molecule has 1 spiro atoms. The average Bonchev–Trinajstić information content (AvgIpc) is 2.89. The quantitative estimate of drug-likeness (QED) is 0.900. The lowest BCUT2D eigenvalue weighted by atomic mass is 9.83. The van der Waals surface area contributed by atoms with Gasteiger partial charge in [-0.15, -0.1) is 0 Å². The summed E-state index contributed by atoms with van der Waals surface area (Å²) in [6, 6.07) is 5.66. The molecule has 1 N–H and O–H groups in total. The van der Waals surface area contributed by atoms with Crippen molar-refractivity contribution in [3.63, 3.8) is 0 Å². The van der Waals surface area contributed by atoms with Gasteiger partial charge in [0.25, 0.3) is 5.91 Å². The summed E-state index contributed by atoms with van der Waals surface area (Å²) in [7, 11) is 0. The van der Waals surface area contributed by atoms with Crippen LogP contribution in [0.15, 0.2) is 24.3 Å². The van der Waals surface area contributed by atoms with Crippen molar-refractivity contribution in [3.8, 4) is 0 Å². The van der Waals surface area contributed by atoms with Gasteiger partial charge in [0.2, 0.25) is 0 Å². The van der Waals surface area contributed by atoms with Gasteiger partial charge >= 0.3 is 5.97 Å². The summed E-state index contributed by atoms with van der Waals surface area (Å²) in [6.07, 6.45) is 3.19. The van der Waals surface area contributed by atoms with Crippen LogP contribution in [0, 0.1) is 5.92 Å². The van der Waals surface area contributed by atoms with Crippen LogP contribution in [-0.2, 0) is 9.53 Å². The second-order valence-corrected chi connectivity index (χ2v) is 6.92. The van der Waals surface area contributed by atoms with Crippen LogP contribution in [-0.4, -0.2) is 40.3 Å². The number of carbonyl (C=O) groups excluding carboxylic acids is 1. The molecule has 0 radical (unpaired) electrons. The Morgan fingerprint density at radius 3 is 2.65 bits per heavy atom. The summed E-state index contributed by atoms with van der Waals surface area (Å²) in [5, 5.41) is 9.95. The number of benzene rings is 1. The first-order chi connectivity index (χ1) is 10.9. The van der Waals surface area contributed by atoms with Gasteiger partial charge in [-0.05, 0) is 49.8 Å². The molecule has 1 aliphatic heterocycles. The smallest absolute Gasteiger partial charge is 0.328 e. The van der Waals surface area contributed by atoms with E-state index in [1.165, 1.54) is 4.90 Å². The van der Waals surface area contributed by atoms with Gasteiger partial charge in [0.1, 0.15) is 5.72 Å². The van der Waals surface area contributed by atoms with Crippen molar-refractivity contribution in [1.29, 1.82) is 0 Å². The van der Waals surface area contributed by atoms with Crippen molar-refractivity contribution in [3.05, 3.63) is 34.9 Å². The number of halogens is 1. The molecule has 3 rings (SSSR count). The molecule has 124 valence electrons. The number of aliphatic carboxylic acids is 1. The third kappa shape index (κ3) is 2.95. The molecule has 1 aromatic rings. The lowest BCUT2D eigenvalue weighted by Crippen LogP contribution is -2.55. The van der Waals surface area contributed by atoms with Crippen LogP contribution in [0.1, 0.15) is 43.0 Å². The Morgan fingerprint density at radius 1 is 1.35 bits per heavy atom. The molecule has 1 saturated carbocycles. The average molecular weight is 338 g/mol. The highest BCUT2D eigenvalue weighted by Gasteiger charge is 2.53. The highest BCUT2D eigenvalue weighted by atomic mass is 35.5. The van der Waals surface area contributed by atoms with Crippen molar-refractivity contribution in [1.82, 2.24) is 4.90 Å². The third-order valence-electron chi connectivity index (χ3n) is 4.89. The lowest BCUT2D eigenvalue weighted by Gasteiger charge is -2.42. The maximum Gasteiger partial charge on any atom is 0.328 e. The first kappa shape index (κ1) is 16.3. The molecule has 6 heteroatoms. The van der Waals surface area contributed by atoms with Crippen LogP contribution in [0.25, 0.3) is 0 Å². The van der Waals surface area contributed by atoms with Gasteiger partial charge < -0.3 is 9.84 Å². The van der Waals surface area contributed by atoms with Gasteiger partial charge in [0.15, 0.2) is 6.04 Å². The monoisotopic (exact) mass is 337 g/mol. The second-order valence-electron chi connectivity index (χ2n) is 6.48. The van der Waals surface area contributed by atoms with Crippen LogP contribution >= 0.6 is 11.6 Å². The summed E-state index contributed by atoms with van der Waals surface area (Å²) in [6.45, 7) is 2.20. The molecule has 1 aliphatic carbocycles. The predicted molar refractivity (Wildman–Crippen MR) is 85.4 cm³/mol. The largest absolute Gasteiger partial charge is 0.480 e. The minimum absolute atomic E-state index is 0.0377. The highest BCUT2D eigenvalue weighted by Crippen LogP contribution is 2.43. The molecule has 0 unspecified atom stereocenters. The number of carbonyl (C=O) groups is 2. The summed E-state index contributed by atoms with van der Waals surface area (Å²) in [5.41, 5.74) is -0.401. The van der Waals surface area contributed by atoms with E-state index in [0.717, 1.165) is 12.8 Å². The van der Waals surface area contributed by atoms with Crippen LogP contribution in [0.4, 0.5) is 0 Å². The van der Waals surface area contributed by atoms with Crippen molar-refractivity contribution in [2.24, 2.45) is 5.92 Å². The van der Waals surface area contributed by atoms with E-state index in [9.17, 15) is 14.7 Å². The SMILES string of the molecule is CC1CCC2(CC1)OC[C@@H](C(=O)O)N2C(=O)c1cccc(Cl)c1. The number of hydrogen-bond donors (Lipinski definition) is 1. The fraction of sp³-hybridized carbons (Fsp3) is 0.529. The fourth-order valence-corrected chi connectivity index (χ4v) is 3.72. The molecule has 1 heterocycles. The minimum Gasteiger partial charge on any atom is -0.480 e. The van der Waals surface area contributed by atoms with Crippen LogP contribution in [0.5, 0.6) is 0 Å². The Hall–Kier alpha value is -1.59. The normalized spacial score (nSPS) is 30.6. The molecule has 2 fully saturated rings. The summed E-state index contributed by atoms with van der Waals surface area (Å²) < 4.78 is 5.88. The van der Waals surface area contributed by atoms with Crippen molar-refractivity contribution in [2.45, 2.75) is 44.4 Å². The van der Waals surface area contributed by atoms with E-state index in [1.54, 1.807) is 24.3 Å². The minimum atomic E-state index is -1.03. The van der Waals surface area contributed by atoms with Gasteiger partial charge in [-0.25, -0.2) is 4.79 Å². The zero-order chi connectivity index (χ0) is 16.6. The van der Waals surface area contributed by atoms with E-state index in [0.29, 0.717) is 29.3 Å². The van der Waals surface area contributed by atoms with E-state index in [2.05, 4.69) is 6.92 Å². The van der Waals surface area contributed by atoms with E-state index < -0.39 is 17.7 Å². The number of hydrogen-bond acceptors (Lipinski definition) is 3. The van der Waals surface area contributed by atoms with E-state index in [1.807, 2.05) is 0 Å². The first-order valence-corrected chi connectivity index (χ1v) is 8.27. The molecule has 23 heavy (non-hydrogen) atoms. The number of ether oxygens (including phenoxy) is 1. The van der Waals surface area contributed by atoms with Gasteiger partial charge in [-0.2, -0.15) is 0 Å². The van der Waals surface area contributed by atoms with Gasteiger partial charge in [0, 0.05) is 10.6 Å². The van der Waals surface area contributed by atoms with Crippen LogP contribution in [0.2, 0.25) is 5.02 Å². The highest BCUT2D eigenvalue weighted by molar-refractivity contribution is 6.31. The van der Waals surface area contributed by atoms with E-state index in [4.69, 9.17) is 16.3 Å². The molecule has 1 aromatic carbocycles. The number of carboxylic acids is 1. The van der Waals surface area contributed by atoms with Crippen molar-refractivity contribution in [2.75, 3.05) is 6.61 Å². The zero-order valence-electron chi connectivity index (χ0n) is 13.0. The molecule has 1 atom stereocenters. The lowest BCUT2D eigenvalue weighted by molar-refractivity contribution is -0.143. The maximum absolute atomic E-state index is 13.0. The second kappa shape index (κ2) is 6.13. The molecular formula is C17H20ClNO4. The zero-order valence-corrected chi connectivity index (χ0v) is 13.8. The molecule has 5 nitrogen and oxygen atoms in total. The Morgan fingerprint density at radius 2 is 2.04 bits per heavy atom. The number of nitrogens with zero attached hydrogens (tertiary/aromatic N) is 1. The Bertz CT molecular complexity index is 625. The molecule has 0 aromatic heterocycles. The molecular weight excluding hydrogens is 318 g/mol. The standard InChI is InChI=1S/C17H20ClNO4/c1-11-5-7-17(8-6-11)19(14(10-23-17)16(21)22)15(20)12-3-2-4-13(18)9-12/h2-4,9,11,14H,5-8,10H2,1H3,(H,21,22)/t11?,14-,17?/m0/s1. The Balaban J connectivity index is 1.96. The van der Waals surface area contributed by atoms with Crippen LogP contribution in [0.3, 0.4) is 0 Å². The van der Waals surface area contributed by atoms with Crippen LogP contribution < -0.4 is 0 Å².